The molecule has 0 aliphatic heterocycles. The van der Waals surface area contributed by atoms with E-state index in [1.807, 2.05) is 49.6 Å². The van der Waals surface area contributed by atoms with Gasteiger partial charge in [0.15, 0.2) is 6.61 Å². The Morgan fingerprint density at radius 1 is 1.28 bits per heavy atom. The number of esters is 1. The summed E-state index contributed by atoms with van der Waals surface area (Å²) >= 11 is 1.50. The van der Waals surface area contributed by atoms with Gasteiger partial charge in [-0.2, -0.15) is 4.98 Å². The predicted molar refractivity (Wildman–Crippen MR) is 93.4 cm³/mol. The van der Waals surface area contributed by atoms with Crippen molar-refractivity contribution in [3.05, 3.63) is 52.7 Å². The maximum absolute atomic E-state index is 11.8. The molecule has 0 N–H and O–H groups in total. The molecule has 6 nitrogen and oxygen atoms in total. The lowest BCUT2D eigenvalue weighted by Gasteiger charge is -2.09. The van der Waals surface area contributed by atoms with Crippen molar-refractivity contribution in [3.63, 3.8) is 0 Å². The molecule has 0 atom stereocenters. The Labute approximate surface area is 149 Å². The highest BCUT2D eigenvalue weighted by molar-refractivity contribution is 7.13. The van der Waals surface area contributed by atoms with Crippen molar-refractivity contribution in [1.82, 2.24) is 10.1 Å². The minimum Gasteiger partial charge on any atom is -0.493 e. The molecule has 2 heterocycles. The smallest absolute Gasteiger partial charge is 0.309 e. The lowest BCUT2D eigenvalue weighted by atomic mass is 10.1. The largest absolute Gasteiger partial charge is 0.493 e. The SMILES string of the molecule is Cc1ccc(C)c(OCCC(=O)OCc2noc(-c3cccs3)n2)c1. The number of nitrogens with zero attached hydrogens (tertiary/aromatic N) is 2. The van der Waals surface area contributed by atoms with Gasteiger partial charge in [-0.1, -0.05) is 23.4 Å². The Balaban J connectivity index is 1.43. The summed E-state index contributed by atoms with van der Waals surface area (Å²) in [5, 5.41) is 5.73. The number of ether oxygens (including phenoxy) is 2. The fraction of sp³-hybridized carbons (Fsp3) is 0.278. The van der Waals surface area contributed by atoms with Gasteiger partial charge < -0.3 is 14.0 Å². The Hall–Kier alpha value is -2.67. The number of aromatic nitrogens is 2. The van der Waals surface area contributed by atoms with Gasteiger partial charge >= 0.3 is 5.97 Å². The van der Waals surface area contributed by atoms with Gasteiger partial charge in [-0.3, -0.25) is 4.79 Å². The normalized spacial score (nSPS) is 10.6. The van der Waals surface area contributed by atoms with Crippen LogP contribution < -0.4 is 4.74 Å². The standard InChI is InChI=1S/C18H18N2O4S/c1-12-5-6-13(2)14(10-12)22-8-7-17(21)23-11-16-19-18(24-20-16)15-4-3-9-25-15/h3-6,9-10H,7-8,11H2,1-2H3. The summed E-state index contributed by atoms with van der Waals surface area (Å²) in [5.74, 6) is 1.19. The van der Waals surface area contributed by atoms with Gasteiger partial charge in [0.25, 0.3) is 5.89 Å². The first-order valence-electron chi connectivity index (χ1n) is 7.84. The summed E-state index contributed by atoms with van der Waals surface area (Å²) in [5.41, 5.74) is 2.15. The highest BCUT2D eigenvalue weighted by atomic mass is 32.1. The zero-order valence-electron chi connectivity index (χ0n) is 14.0. The minimum atomic E-state index is -0.368. The molecule has 0 amide bonds. The Morgan fingerprint density at radius 3 is 2.96 bits per heavy atom. The number of rotatable bonds is 7. The van der Waals surface area contributed by atoms with Crippen LogP contribution in [0.5, 0.6) is 5.75 Å². The number of aryl methyl sites for hydroxylation is 2. The highest BCUT2D eigenvalue weighted by Gasteiger charge is 2.12. The van der Waals surface area contributed by atoms with E-state index < -0.39 is 0 Å². The molecular formula is C18H18N2O4S. The van der Waals surface area contributed by atoms with E-state index in [-0.39, 0.29) is 25.6 Å². The van der Waals surface area contributed by atoms with Crippen LogP contribution in [-0.2, 0) is 16.1 Å². The van der Waals surface area contributed by atoms with Gasteiger partial charge in [0.1, 0.15) is 5.75 Å². The van der Waals surface area contributed by atoms with E-state index in [0.29, 0.717) is 11.7 Å². The lowest BCUT2D eigenvalue weighted by molar-refractivity contribution is -0.145. The molecule has 2 aromatic heterocycles. The number of hydrogen-bond acceptors (Lipinski definition) is 7. The van der Waals surface area contributed by atoms with Gasteiger partial charge in [-0.25, -0.2) is 0 Å². The van der Waals surface area contributed by atoms with Crippen molar-refractivity contribution in [2.75, 3.05) is 6.61 Å². The van der Waals surface area contributed by atoms with Gasteiger partial charge in [0.05, 0.1) is 17.9 Å². The molecule has 0 spiro atoms. The maximum Gasteiger partial charge on any atom is 0.309 e. The van der Waals surface area contributed by atoms with Crippen molar-refractivity contribution in [2.45, 2.75) is 26.9 Å². The van der Waals surface area contributed by atoms with E-state index in [1.165, 1.54) is 11.3 Å². The van der Waals surface area contributed by atoms with Crippen molar-refractivity contribution in [2.24, 2.45) is 0 Å². The molecule has 1 aromatic carbocycles. The van der Waals surface area contributed by atoms with E-state index in [4.69, 9.17) is 14.0 Å². The van der Waals surface area contributed by atoms with E-state index >= 15 is 0 Å². The average Bonchev–Trinajstić information content (AvgIpc) is 3.27. The molecule has 3 aromatic rings. The van der Waals surface area contributed by atoms with Crippen LogP contribution in [0.2, 0.25) is 0 Å². The predicted octanol–water partition coefficient (Wildman–Crippen LogP) is 3.93. The quantitative estimate of drug-likeness (QED) is 0.596. The molecule has 0 bridgehead atoms. The molecule has 7 heteroatoms. The number of benzene rings is 1. The summed E-state index contributed by atoms with van der Waals surface area (Å²) in [6, 6.07) is 9.75. The molecule has 130 valence electrons. The minimum absolute atomic E-state index is 0.0167. The fourth-order valence-electron chi connectivity index (χ4n) is 2.14. The molecule has 0 radical (unpaired) electrons. The molecule has 0 aliphatic carbocycles. The van der Waals surface area contributed by atoms with Gasteiger partial charge in [0.2, 0.25) is 5.82 Å². The van der Waals surface area contributed by atoms with E-state index in [1.54, 1.807) is 0 Å². The van der Waals surface area contributed by atoms with Gasteiger partial charge in [-0.05, 0) is 42.5 Å². The van der Waals surface area contributed by atoms with Crippen molar-refractivity contribution >= 4 is 17.3 Å². The van der Waals surface area contributed by atoms with Crippen molar-refractivity contribution in [3.8, 4) is 16.5 Å². The summed E-state index contributed by atoms with van der Waals surface area (Å²) in [7, 11) is 0. The van der Waals surface area contributed by atoms with Crippen LogP contribution in [0.25, 0.3) is 10.8 Å². The topological polar surface area (TPSA) is 74.5 Å². The molecular weight excluding hydrogens is 340 g/mol. The summed E-state index contributed by atoms with van der Waals surface area (Å²) in [6.45, 7) is 4.21. The second-order valence-corrected chi connectivity index (χ2v) is 6.47. The third-order valence-corrected chi connectivity index (χ3v) is 4.33. The zero-order valence-corrected chi connectivity index (χ0v) is 14.8. The summed E-state index contributed by atoms with van der Waals surface area (Å²) in [4.78, 5) is 16.9. The monoisotopic (exact) mass is 358 g/mol. The summed E-state index contributed by atoms with van der Waals surface area (Å²) < 4.78 is 15.9. The van der Waals surface area contributed by atoms with Crippen LogP contribution in [0.1, 0.15) is 23.4 Å². The molecule has 3 rings (SSSR count). The molecule has 0 saturated carbocycles. The van der Waals surface area contributed by atoms with Crippen molar-refractivity contribution < 1.29 is 18.8 Å². The Morgan fingerprint density at radius 2 is 2.16 bits per heavy atom. The third kappa shape index (κ3) is 4.67. The molecule has 0 saturated heterocycles. The zero-order chi connectivity index (χ0) is 17.6. The second-order valence-electron chi connectivity index (χ2n) is 5.52. The number of hydrogen-bond donors (Lipinski definition) is 0. The molecule has 0 aliphatic rings. The van der Waals surface area contributed by atoms with E-state index in [9.17, 15) is 4.79 Å². The Kier molecular flexibility index (Phi) is 5.45. The van der Waals surface area contributed by atoms with E-state index in [0.717, 1.165) is 21.8 Å². The summed E-state index contributed by atoms with van der Waals surface area (Å²) in [6.07, 6.45) is 0.156. The maximum atomic E-state index is 11.8. The second kappa shape index (κ2) is 7.94. The number of carbonyl (C=O) groups is 1. The fourth-order valence-corrected chi connectivity index (χ4v) is 2.78. The van der Waals surface area contributed by atoms with Crippen LogP contribution in [0.15, 0.2) is 40.2 Å². The average molecular weight is 358 g/mol. The lowest BCUT2D eigenvalue weighted by Crippen LogP contribution is -2.10. The third-order valence-electron chi connectivity index (χ3n) is 3.47. The van der Waals surface area contributed by atoms with Gasteiger partial charge in [-0.15, -0.1) is 11.3 Å². The highest BCUT2D eigenvalue weighted by Crippen LogP contribution is 2.22. The molecule has 25 heavy (non-hydrogen) atoms. The first-order valence-corrected chi connectivity index (χ1v) is 8.72. The van der Waals surface area contributed by atoms with Crippen LogP contribution in [0, 0.1) is 13.8 Å². The van der Waals surface area contributed by atoms with E-state index in [2.05, 4.69) is 10.1 Å². The van der Waals surface area contributed by atoms with Crippen molar-refractivity contribution in [1.29, 1.82) is 0 Å². The van der Waals surface area contributed by atoms with Crippen LogP contribution in [0.3, 0.4) is 0 Å². The molecule has 0 unspecified atom stereocenters. The van der Waals surface area contributed by atoms with Crippen LogP contribution in [0.4, 0.5) is 0 Å². The first kappa shape index (κ1) is 17.2. The number of carbonyl (C=O) groups excluding carboxylic acids is 1. The van der Waals surface area contributed by atoms with Gasteiger partial charge in [0, 0.05) is 0 Å². The number of thiophene rings is 1. The Bertz CT molecular complexity index is 843. The first-order chi connectivity index (χ1) is 12.1. The van der Waals surface area contributed by atoms with Crippen LogP contribution >= 0.6 is 11.3 Å². The molecule has 0 fully saturated rings. The van der Waals surface area contributed by atoms with Crippen LogP contribution in [-0.4, -0.2) is 22.7 Å².